The van der Waals surface area contributed by atoms with Gasteiger partial charge in [0.2, 0.25) is 0 Å². The van der Waals surface area contributed by atoms with E-state index < -0.39 is 29.7 Å². The van der Waals surface area contributed by atoms with Gasteiger partial charge in [-0.05, 0) is 50.3 Å². The van der Waals surface area contributed by atoms with Crippen LogP contribution in [0.3, 0.4) is 0 Å². The van der Waals surface area contributed by atoms with Crippen molar-refractivity contribution < 1.29 is 37.0 Å². The van der Waals surface area contributed by atoms with Gasteiger partial charge in [0.05, 0.1) is 19.3 Å². The van der Waals surface area contributed by atoms with Crippen LogP contribution in [-0.4, -0.2) is 48.4 Å². The maximum absolute atomic E-state index is 14.5. The van der Waals surface area contributed by atoms with Crippen LogP contribution in [0.15, 0.2) is 24.5 Å². The summed E-state index contributed by atoms with van der Waals surface area (Å²) in [5, 5.41) is 3.66. The van der Waals surface area contributed by atoms with E-state index in [-0.39, 0.29) is 22.7 Å². The Labute approximate surface area is 191 Å². The Morgan fingerprint density at radius 3 is 2.42 bits per heavy atom. The van der Waals surface area contributed by atoms with Crippen molar-refractivity contribution in [3.05, 3.63) is 46.1 Å². The van der Waals surface area contributed by atoms with Crippen molar-refractivity contribution in [2.24, 2.45) is 0 Å². The second-order valence-electron chi connectivity index (χ2n) is 7.19. The molecule has 0 spiro atoms. The average molecular weight is 485 g/mol. The predicted molar refractivity (Wildman–Crippen MR) is 113 cm³/mol. The summed E-state index contributed by atoms with van der Waals surface area (Å²) < 4.78 is 53.0. The number of ether oxygens (including phenoxy) is 2. The Morgan fingerprint density at radius 1 is 1.15 bits per heavy atom. The van der Waals surface area contributed by atoms with Crippen LogP contribution >= 0.6 is 11.3 Å². The van der Waals surface area contributed by atoms with Crippen molar-refractivity contribution in [3.8, 4) is 0 Å². The summed E-state index contributed by atoms with van der Waals surface area (Å²) in [6.45, 7) is 0.974. The minimum atomic E-state index is -5.33. The number of carbonyl (C=O) groups is 3. The first-order valence-corrected chi connectivity index (χ1v) is 10.9. The molecule has 0 saturated heterocycles. The predicted octanol–water partition coefficient (Wildman–Crippen LogP) is 3.47. The van der Waals surface area contributed by atoms with Gasteiger partial charge in [-0.25, -0.2) is 9.59 Å². The maximum atomic E-state index is 14.5. The number of carbonyl (C=O) groups excluding carboxylic acids is 3. The molecule has 12 heteroatoms. The lowest BCUT2D eigenvalue weighted by atomic mass is 9.95. The quantitative estimate of drug-likeness (QED) is 0.457. The second kappa shape index (κ2) is 9.77. The number of alkyl halides is 3. The van der Waals surface area contributed by atoms with E-state index in [1.54, 1.807) is 5.32 Å². The van der Waals surface area contributed by atoms with E-state index in [1.807, 2.05) is 0 Å². The summed E-state index contributed by atoms with van der Waals surface area (Å²) in [6, 6.07) is 2.40. The molecule has 0 saturated carbocycles. The molecule has 0 aliphatic heterocycles. The second-order valence-corrected chi connectivity index (χ2v) is 8.30. The van der Waals surface area contributed by atoms with E-state index in [1.165, 1.54) is 31.5 Å². The van der Waals surface area contributed by atoms with E-state index in [0.717, 1.165) is 36.2 Å². The van der Waals surface area contributed by atoms with Gasteiger partial charge in [-0.15, -0.1) is 11.3 Å². The Bertz CT molecular complexity index is 1040. The number of nitrogens with zero attached hydrogens (tertiary/aromatic N) is 1. The Kier molecular flexibility index (Phi) is 7.25. The average Bonchev–Trinajstić information content (AvgIpc) is 3.15. The van der Waals surface area contributed by atoms with Crippen LogP contribution < -0.4 is 10.6 Å². The maximum Gasteiger partial charge on any atom is 0.441 e. The zero-order valence-corrected chi connectivity index (χ0v) is 18.7. The van der Waals surface area contributed by atoms with Gasteiger partial charge in [0, 0.05) is 22.8 Å². The molecule has 2 N–H and O–H groups in total. The zero-order chi connectivity index (χ0) is 24.2. The molecule has 178 valence electrons. The number of anilines is 1. The first kappa shape index (κ1) is 24.5. The van der Waals surface area contributed by atoms with E-state index in [4.69, 9.17) is 9.47 Å². The Morgan fingerprint density at radius 2 is 1.82 bits per heavy atom. The number of hydrogen-bond donors (Lipinski definition) is 2. The van der Waals surface area contributed by atoms with Crippen molar-refractivity contribution in [1.29, 1.82) is 0 Å². The summed E-state index contributed by atoms with van der Waals surface area (Å²) in [4.78, 5) is 42.4. The number of rotatable bonds is 7. The summed E-state index contributed by atoms with van der Waals surface area (Å²) in [5.41, 5.74) is -3.29. The molecular weight excluding hydrogens is 463 g/mol. The highest BCUT2D eigenvalue weighted by atomic mass is 32.1. The van der Waals surface area contributed by atoms with E-state index in [9.17, 15) is 27.6 Å². The molecule has 33 heavy (non-hydrogen) atoms. The topological polar surface area (TPSA) is 107 Å². The third-order valence-electron chi connectivity index (χ3n) is 5.11. The number of halogens is 3. The fourth-order valence-corrected chi connectivity index (χ4v) is 4.85. The summed E-state index contributed by atoms with van der Waals surface area (Å²) in [5.74, 6) is -3.78. The molecule has 1 atom stereocenters. The number of nitrogens with one attached hydrogen (secondary N) is 2. The molecule has 0 radical (unpaired) electrons. The normalized spacial score (nSPS) is 15.1. The summed E-state index contributed by atoms with van der Waals surface area (Å²) in [6.07, 6.45) is -0.245. The number of fused-ring (bicyclic) bond motifs is 1. The van der Waals surface area contributed by atoms with Gasteiger partial charge < -0.3 is 20.1 Å². The fraction of sp³-hybridized carbons (Fsp3) is 0.429. The lowest BCUT2D eigenvalue weighted by Gasteiger charge is -2.35. The number of thiophene rings is 1. The largest absolute Gasteiger partial charge is 0.465 e. The third-order valence-corrected chi connectivity index (χ3v) is 6.32. The van der Waals surface area contributed by atoms with Crippen molar-refractivity contribution >= 4 is 34.2 Å². The number of aryl methyl sites for hydroxylation is 1. The summed E-state index contributed by atoms with van der Waals surface area (Å²) in [7, 11) is 1.12. The van der Waals surface area contributed by atoms with Crippen LogP contribution in [-0.2, 0) is 27.1 Å². The lowest BCUT2D eigenvalue weighted by molar-refractivity contribution is -0.204. The molecule has 0 unspecified atom stereocenters. The van der Waals surface area contributed by atoms with Crippen molar-refractivity contribution in [2.75, 3.05) is 19.0 Å². The molecule has 2 aromatic heterocycles. The number of aromatic nitrogens is 1. The van der Waals surface area contributed by atoms with Gasteiger partial charge in [-0.1, -0.05) is 0 Å². The zero-order valence-electron chi connectivity index (χ0n) is 17.9. The van der Waals surface area contributed by atoms with Gasteiger partial charge in [0.15, 0.2) is 0 Å². The van der Waals surface area contributed by atoms with Crippen molar-refractivity contribution in [1.82, 2.24) is 10.3 Å². The number of methoxy groups -OCH3 is 1. The molecule has 0 aromatic carbocycles. The van der Waals surface area contributed by atoms with Crippen LogP contribution in [0.1, 0.15) is 50.9 Å². The smallest absolute Gasteiger partial charge is 0.441 e. The van der Waals surface area contributed by atoms with Crippen LogP contribution in [0.25, 0.3) is 0 Å². The molecule has 0 bridgehead atoms. The van der Waals surface area contributed by atoms with Crippen LogP contribution in [0.5, 0.6) is 0 Å². The number of hydrogen-bond acceptors (Lipinski definition) is 8. The molecule has 2 aromatic rings. The Hall–Kier alpha value is -3.15. The van der Waals surface area contributed by atoms with Gasteiger partial charge in [0.1, 0.15) is 5.00 Å². The highest BCUT2D eigenvalue weighted by molar-refractivity contribution is 7.16. The van der Waals surface area contributed by atoms with Crippen LogP contribution in [0, 0.1) is 0 Å². The molecule has 1 amide bonds. The summed E-state index contributed by atoms with van der Waals surface area (Å²) >= 11 is 0.926. The standard InChI is InChI=1S/C21H22F3N3O5S/c1-3-32-19(30)20(21(22,23)24,26-16(28)12-8-10-25-11-9-12)27-17-15(18(29)31-2)13-6-4-5-7-14(13)33-17/h8-11,27H,3-7H2,1-2H3,(H,26,28)/t20-/m1/s1. The van der Waals surface area contributed by atoms with Crippen molar-refractivity contribution in [2.45, 2.75) is 44.4 Å². The van der Waals surface area contributed by atoms with Gasteiger partial charge in [0.25, 0.3) is 5.91 Å². The fourth-order valence-electron chi connectivity index (χ4n) is 3.52. The SMILES string of the molecule is CCOC(=O)[C@@](NC(=O)c1ccncc1)(Nc1sc2c(c1C(=O)OC)CCCC2)C(F)(F)F. The van der Waals surface area contributed by atoms with Crippen LogP contribution in [0.2, 0.25) is 0 Å². The van der Waals surface area contributed by atoms with Gasteiger partial charge in [-0.3, -0.25) is 9.78 Å². The van der Waals surface area contributed by atoms with E-state index >= 15 is 0 Å². The molecule has 1 aliphatic rings. The monoisotopic (exact) mass is 485 g/mol. The van der Waals surface area contributed by atoms with Crippen LogP contribution in [0.4, 0.5) is 18.2 Å². The minimum Gasteiger partial charge on any atom is -0.465 e. The lowest BCUT2D eigenvalue weighted by Crippen LogP contribution is -2.69. The van der Waals surface area contributed by atoms with Crippen molar-refractivity contribution in [3.63, 3.8) is 0 Å². The van der Waals surface area contributed by atoms with Gasteiger partial charge >= 0.3 is 23.8 Å². The highest BCUT2D eigenvalue weighted by Gasteiger charge is 2.64. The molecule has 8 nitrogen and oxygen atoms in total. The van der Waals surface area contributed by atoms with E-state index in [0.29, 0.717) is 18.4 Å². The molecule has 0 fully saturated rings. The molecule has 3 rings (SSSR count). The Balaban J connectivity index is 2.14. The molecule has 2 heterocycles. The molecule has 1 aliphatic carbocycles. The first-order chi connectivity index (χ1) is 15.6. The molecular formula is C21H22F3N3O5S. The number of esters is 2. The van der Waals surface area contributed by atoms with E-state index in [2.05, 4.69) is 10.3 Å². The first-order valence-electron chi connectivity index (χ1n) is 10.1. The van der Waals surface area contributed by atoms with Gasteiger partial charge in [-0.2, -0.15) is 13.2 Å². The minimum absolute atomic E-state index is 0.0757. The highest BCUT2D eigenvalue weighted by Crippen LogP contribution is 2.42. The number of pyridine rings is 1. The number of amides is 1. The third kappa shape index (κ3) is 4.80.